The molecule has 0 spiro atoms. The van der Waals surface area contributed by atoms with Crippen LogP contribution in [0.2, 0.25) is 0 Å². The minimum Gasteiger partial charge on any atom is -0.309 e. The summed E-state index contributed by atoms with van der Waals surface area (Å²) < 4.78 is 24.3. The summed E-state index contributed by atoms with van der Waals surface area (Å²) in [6.45, 7) is 5.21. The topological polar surface area (TPSA) is 35.5 Å². The maximum Gasteiger partial charge on any atom is 0.333 e. The second kappa shape index (κ2) is 13.8. The fraction of sp³-hybridized carbons (Fsp3) is 1.00. The van der Waals surface area contributed by atoms with E-state index in [1.54, 1.807) is 0 Å². The molecule has 0 aliphatic heterocycles. The second-order valence-electron chi connectivity index (χ2n) is 6.46. The van der Waals surface area contributed by atoms with Crippen molar-refractivity contribution in [1.82, 2.24) is 0 Å². The first kappa shape index (κ1) is 21.5. The van der Waals surface area contributed by atoms with Gasteiger partial charge < -0.3 is 9.05 Å². The molecule has 0 saturated heterocycles. The molecule has 23 heavy (non-hydrogen) atoms. The molecule has 138 valence electrons. The van der Waals surface area contributed by atoms with E-state index in [4.69, 9.17) is 9.05 Å². The maximum absolute atomic E-state index is 13.0. The van der Waals surface area contributed by atoms with Crippen LogP contribution >= 0.6 is 19.4 Å². The lowest BCUT2D eigenvalue weighted by Gasteiger charge is -2.29. The van der Waals surface area contributed by atoms with E-state index >= 15 is 0 Å². The van der Waals surface area contributed by atoms with Crippen LogP contribution in [0.1, 0.15) is 84.5 Å². The van der Waals surface area contributed by atoms with Crippen molar-refractivity contribution in [1.29, 1.82) is 0 Å². The van der Waals surface area contributed by atoms with Gasteiger partial charge in [-0.2, -0.15) is 11.8 Å². The van der Waals surface area contributed by atoms with Gasteiger partial charge >= 0.3 is 7.60 Å². The van der Waals surface area contributed by atoms with Crippen molar-refractivity contribution < 1.29 is 13.6 Å². The number of hydrogen-bond donors (Lipinski definition) is 0. The molecular formula is C18H37O3PS. The van der Waals surface area contributed by atoms with Gasteiger partial charge in [0.2, 0.25) is 0 Å². The minimum absolute atomic E-state index is 0.139. The molecule has 0 aromatic heterocycles. The summed E-state index contributed by atoms with van der Waals surface area (Å²) in [6, 6.07) is 0. The van der Waals surface area contributed by atoms with Crippen LogP contribution in [0, 0.1) is 0 Å². The zero-order chi connectivity index (χ0) is 16.8. The fourth-order valence-electron chi connectivity index (χ4n) is 3.14. The van der Waals surface area contributed by atoms with Crippen molar-refractivity contribution in [2.45, 2.75) is 90.1 Å². The van der Waals surface area contributed by atoms with Crippen LogP contribution in [0.3, 0.4) is 0 Å². The molecule has 0 amide bonds. The van der Waals surface area contributed by atoms with Crippen molar-refractivity contribution >= 4 is 19.4 Å². The second-order valence-corrected chi connectivity index (χ2v) is 10.0. The Balaban J connectivity index is 2.10. The van der Waals surface area contributed by atoms with Crippen molar-refractivity contribution in [3.63, 3.8) is 0 Å². The highest BCUT2D eigenvalue weighted by Gasteiger charge is 2.36. The van der Waals surface area contributed by atoms with Crippen molar-refractivity contribution in [3.8, 4) is 0 Å². The van der Waals surface area contributed by atoms with E-state index in [2.05, 4.69) is 6.92 Å². The molecule has 1 unspecified atom stereocenters. The molecule has 0 radical (unpaired) electrons. The number of thioether (sulfide) groups is 1. The average Bonchev–Trinajstić information content (AvgIpc) is 2.58. The number of unbranched alkanes of at least 4 members (excludes halogenated alkanes) is 5. The van der Waals surface area contributed by atoms with E-state index in [0.29, 0.717) is 13.2 Å². The Morgan fingerprint density at radius 1 is 0.913 bits per heavy atom. The molecule has 0 heterocycles. The van der Waals surface area contributed by atoms with Gasteiger partial charge in [0.05, 0.1) is 18.9 Å². The number of hydrogen-bond acceptors (Lipinski definition) is 4. The maximum atomic E-state index is 13.0. The Morgan fingerprint density at radius 3 is 2.30 bits per heavy atom. The Hall–Kier alpha value is 0.500. The van der Waals surface area contributed by atoms with Gasteiger partial charge in [-0.1, -0.05) is 58.3 Å². The minimum atomic E-state index is -2.88. The first-order chi connectivity index (χ1) is 11.2. The molecular weight excluding hydrogens is 327 g/mol. The molecule has 1 rings (SSSR count). The van der Waals surface area contributed by atoms with Crippen molar-refractivity contribution in [2.24, 2.45) is 0 Å². The van der Waals surface area contributed by atoms with E-state index in [1.165, 1.54) is 50.7 Å². The highest BCUT2D eigenvalue weighted by molar-refractivity contribution is 7.99. The summed E-state index contributed by atoms with van der Waals surface area (Å²) in [7, 11) is -2.88. The van der Waals surface area contributed by atoms with Gasteiger partial charge in [0, 0.05) is 5.75 Å². The molecule has 0 aromatic carbocycles. The fourth-order valence-corrected chi connectivity index (χ4v) is 6.27. The first-order valence-electron chi connectivity index (χ1n) is 9.69. The lowest BCUT2D eigenvalue weighted by atomic mass is 10.0. The molecule has 1 atom stereocenters. The van der Waals surface area contributed by atoms with E-state index in [0.717, 1.165) is 31.4 Å². The van der Waals surface area contributed by atoms with Crippen LogP contribution in [0.25, 0.3) is 0 Å². The molecule has 0 N–H and O–H groups in total. The van der Waals surface area contributed by atoms with Gasteiger partial charge in [0.15, 0.2) is 0 Å². The molecule has 1 aliphatic rings. The summed E-state index contributed by atoms with van der Waals surface area (Å²) in [5.74, 6) is 2.12. The van der Waals surface area contributed by atoms with E-state index in [-0.39, 0.29) is 5.66 Å². The standard InChI is InChI=1S/C18H37O3PS/c1-3-5-6-7-8-12-16-23-17-15-21-22(19,20-4-2)18-13-10-9-11-14-18/h18H,3-17H2,1-2H3. The summed E-state index contributed by atoms with van der Waals surface area (Å²) in [5.41, 5.74) is 0.139. The predicted molar refractivity (Wildman–Crippen MR) is 103 cm³/mol. The van der Waals surface area contributed by atoms with Gasteiger partial charge in [-0.25, -0.2) is 0 Å². The lowest BCUT2D eigenvalue weighted by Crippen LogP contribution is -2.17. The van der Waals surface area contributed by atoms with E-state index < -0.39 is 7.60 Å². The molecule has 0 bridgehead atoms. The van der Waals surface area contributed by atoms with E-state index in [9.17, 15) is 4.57 Å². The van der Waals surface area contributed by atoms with Gasteiger partial charge in [-0.05, 0) is 31.9 Å². The van der Waals surface area contributed by atoms with Gasteiger partial charge in [0.25, 0.3) is 0 Å². The van der Waals surface area contributed by atoms with Crippen molar-refractivity contribution in [2.75, 3.05) is 24.7 Å². The highest BCUT2D eigenvalue weighted by atomic mass is 32.2. The van der Waals surface area contributed by atoms with Crippen LogP contribution in [0.5, 0.6) is 0 Å². The van der Waals surface area contributed by atoms with Crippen LogP contribution in [-0.4, -0.2) is 30.4 Å². The monoisotopic (exact) mass is 364 g/mol. The van der Waals surface area contributed by atoms with Crippen LogP contribution < -0.4 is 0 Å². The van der Waals surface area contributed by atoms with Crippen LogP contribution in [-0.2, 0) is 13.6 Å². The quantitative estimate of drug-likeness (QED) is 0.255. The van der Waals surface area contributed by atoms with Gasteiger partial charge in [0.1, 0.15) is 0 Å². The highest BCUT2D eigenvalue weighted by Crippen LogP contribution is 2.57. The van der Waals surface area contributed by atoms with E-state index in [1.807, 2.05) is 18.7 Å². The lowest BCUT2D eigenvalue weighted by molar-refractivity contribution is 0.206. The SMILES string of the molecule is CCCCCCCCSCCOP(=O)(OCC)C1CCCCC1. The van der Waals surface area contributed by atoms with Gasteiger partial charge in [-0.3, -0.25) is 4.57 Å². The smallest absolute Gasteiger partial charge is 0.309 e. The van der Waals surface area contributed by atoms with Gasteiger partial charge in [-0.15, -0.1) is 0 Å². The number of rotatable bonds is 14. The molecule has 1 saturated carbocycles. The Morgan fingerprint density at radius 2 is 1.61 bits per heavy atom. The third kappa shape index (κ3) is 9.53. The third-order valence-electron chi connectivity index (χ3n) is 4.47. The molecule has 5 heteroatoms. The molecule has 0 aromatic rings. The average molecular weight is 365 g/mol. The largest absolute Gasteiger partial charge is 0.333 e. The Kier molecular flexibility index (Phi) is 12.9. The summed E-state index contributed by atoms with van der Waals surface area (Å²) in [4.78, 5) is 0. The first-order valence-corrected chi connectivity index (χ1v) is 12.5. The molecule has 3 nitrogen and oxygen atoms in total. The van der Waals surface area contributed by atoms with Crippen LogP contribution in [0.15, 0.2) is 0 Å². The normalized spacial score (nSPS) is 18.9. The summed E-state index contributed by atoms with van der Waals surface area (Å²) >= 11 is 1.92. The van der Waals surface area contributed by atoms with Crippen LogP contribution in [0.4, 0.5) is 0 Å². The summed E-state index contributed by atoms with van der Waals surface area (Å²) in [5, 5.41) is 0. The third-order valence-corrected chi connectivity index (χ3v) is 8.08. The molecule has 1 aliphatic carbocycles. The summed E-state index contributed by atoms with van der Waals surface area (Å²) in [6.07, 6.45) is 13.7. The Bertz CT molecular complexity index is 319. The zero-order valence-corrected chi connectivity index (χ0v) is 17.0. The van der Waals surface area contributed by atoms with Crippen molar-refractivity contribution in [3.05, 3.63) is 0 Å². The zero-order valence-electron chi connectivity index (χ0n) is 15.3. The molecule has 1 fully saturated rings. The predicted octanol–water partition coefficient (Wildman–Crippen LogP) is 6.66. The Labute approximate surface area is 148 Å².